The van der Waals surface area contributed by atoms with Crippen molar-refractivity contribution in [2.75, 3.05) is 0 Å². The standard InChI is InChI=1S/C30H42FN/c1-2-3-4-5-6-7-24-14-18-28(19-15-24)29-20-16-26(17-21-29)9-8-25-10-12-27(13-11-25)22-30(31)23-32/h8-9,14-15,18-19,22,25-27,29H,2-7,10-13,16-17,20-21H2,1H3/t25-,26-,27-,29-. The normalized spacial score (nSPS) is 26.8. The largest absolute Gasteiger partial charge is 0.196 e. The molecule has 2 saturated carbocycles. The number of unbranched alkanes of at least 4 members (excludes halogenated alkanes) is 4. The summed E-state index contributed by atoms with van der Waals surface area (Å²) in [7, 11) is 0. The lowest BCUT2D eigenvalue weighted by Gasteiger charge is -2.28. The number of nitrogens with zero attached hydrogens (tertiary/aromatic N) is 1. The summed E-state index contributed by atoms with van der Waals surface area (Å²) in [5.74, 6) is 1.73. The van der Waals surface area contributed by atoms with E-state index in [-0.39, 0.29) is 5.92 Å². The van der Waals surface area contributed by atoms with E-state index in [1.807, 2.05) is 0 Å². The molecule has 0 atom stereocenters. The van der Waals surface area contributed by atoms with Gasteiger partial charge in [-0.05, 0) is 105 Å². The molecule has 0 amide bonds. The highest BCUT2D eigenvalue weighted by Gasteiger charge is 2.22. The van der Waals surface area contributed by atoms with Crippen molar-refractivity contribution in [2.45, 2.75) is 103 Å². The zero-order valence-corrected chi connectivity index (χ0v) is 20.1. The number of halogens is 1. The lowest BCUT2D eigenvalue weighted by Crippen LogP contribution is -2.14. The minimum Gasteiger partial charge on any atom is -0.195 e. The van der Waals surface area contributed by atoms with Gasteiger partial charge in [-0.2, -0.15) is 9.65 Å². The summed E-state index contributed by atoms with van der Waals surface area (Å²) in [6.45, 7) is 2.27. The van der Waals surface area contributed by atoms with Crippen molar-refractivity contribution in [2.24, 2.45) is 17.8 Å². The SMILES string of the molecule is CCCCCCCc1ccc([C@H]2CC[C@H](C=C[C@H]3CC[C@H](C=C(F)C#N)CC3)CC2)cc1. The molecule has 32 heavy (non-hydrogen) atoms. The molecule has 2 fully saturated rings. The van der Waals surface area contributed by atoms with Crippen LogP contribution in [-0.4, -0.2) is 0 Å². The van der Waals surface area contributed by atoms with Crippen LogP contribution in [0.5, 0.6) is 0 Å². The predicted octanol–water partition coefficient (Wildman–Crippen LogP) is 9.21. The molecule has 0 aliphatic heterocycles. The van der Waals surface area contributed by atoms with Crippen molar-refractivity contribution in [3.05, 3.63) is 59.4 Å². The van der Waals surface area contributed by atoms with E-state index >= 15 is 0 Å². The topological polar surface area (TPSA) is 23.8 Å². The van der Waals surface area contributed by atoms with Crippen molar-refractivity contribution in [3.8, 4) is 6.07 Å². The molecular formula is C30H42FN. The van der Waals surface area contributed by atoms with Gasteiger partial charge >= 0.3 is 0 Å². The second-order valence-electron chi connectivity index (χ2n) is 10.2. The zero-order chi connectivity index (χ0) is 22.6. The van der Waals surface area contributed by atoms with E-state index in [1.165, 1.54) is 81.4 Å². The zero-order valence-electron chi connectivity index (χ0n) is 20.1. The van der Waals surface area contributed by atoms with E-state index in [2.05, 4.69) is 43.3 Å². The molecule has 0 radical (unpaired) electrons. The van der Waals surface area contributed by atoms with Gasteiger partial charge in [0, 0.05) is 0 Å². The van der Waals surface area contributed by atoms with Gasteiger partial charge in [0.1, 0.15) is 6.07 Å². The van der Waals surface area contributed by atoms with Gasteiger partial charge in [-0.3, -0.25) is 0 Å². The molecule has 0 spiro atoms. The molecule has 0 unspecified atom stereocenters. The maximum absolute atomic E-state index is 13.2. The smallest absolute Gasteiger partial charge is 0.195 e. The van der Waals surface area contributed by atoms with E-state index in [0.717, 1.165) is 37.5 Å². The molecule has 2 heteroatoms. The first kappa shape index (κ1) is 24.8. The summed E-state index contributed by atoms with van der Waals surface area (Å²) >= 11 is 0. The minimum absolute atomic E-state index is 0.252. The Morgan fingerprint density at radius 1 is 0.844 bits per heavy atom. The molecule has 3 rings (SSSR count). The second-order valence-corrected chi connectivity index (χ2v) is 10.2. The Morgan fingerprint density at radius 2 is 1.41 bits per heavy atom. The summed E-state index contributed by atoms with van der Waals surface area (Å²) in [5.41, 5.74) is 3.04. The van der Waals surface area contributed by atoms with E-state index in [1.54, 1.807) is 6.07 Å². The van der Waals surface area contributed by atoms with Gasteiger partial charge in [0.15, 0.2) is 5.83 Å². The number of allylic oxidation sites excluding steroid dienone is 4. The molecule has 1 nitrogen and oxygen atoms in total. The highest BCUT2D eigenvalue weighted by molar-refractivity contribution is 5.26. The van der Waals surface area contributed by atoms with Crippen molar-refractivity contribution >= 4 is 0 Å². The predicted molar refractivity (Wildman–Crippen MR) is 133 cm³/mol. The van der Waals surface area contributed by atoms with Gasteiger partial charge in [-0.25, -0.2) is 0 Å². The summed E-state index contributed by atoms with van der Waals surface area (Å²) in [4.78, 5) is 0. The van der Waals surface area contributed by atoms with Gasteiger partial charge < -0.3 is 0 Å². The Balaban J connectivity index is 1.36. The summed E-state index contributed by atoms with van der Waals surface area (Å²) in [6, 6.07) is 11.1. The lowest BCUT2D eigenvalue weighted by atomic mass is 9.77. The second kappa shape index (κ2) is 13.6. The van der Waals surface area contributed by atoms with Crippen molar-refractivity contribution in [3.63, 3.8) is 0 Å². The van der Waals surface area contributed by atoms with Crippen LogP contribution >= 0.6 is 0 Å². The summed E-state index contributed by atoms with van der Waals surface area (Å²) < 4.78 is 13.2. The quantitative estimate of drug-likeness (QED) is 0.204. The Morgan fingerprint density at radius 3 is 2.00 bits per heavy atom. The molecule has 0 aromatic heterocycles. The molecule has 0 bridgehead atoms. The maximum atomic E-state index is 13.2. The Labute approximate surface area is 195 Å². The number of aryl methyl sites for hydroxylation is 1. The fraction of sp³-hybridized carbons (Fsp3) is 0.633. The average molecular weight is 436 g/mol. The van der Waals surface area contributed by atoms with E-state index in [0.29, 0.717) is 5.92 Å². The third kappa shape index (κ3) is 8.23. The molecule has 1 aromatic carbocycles. The van der Waals surface area contributed by atoms with Crippen LogP contribution in [0.2, 0.25) is 0 Å². The number of rotatable bonds is 10. The average Bonchev–Trinajstić information content (AvgIpc) is 2.84. The number of hydrogen-bond acceptors (Lipinski definition) is 1. The molecule has 174 valence electrons. The number of benzene rings is 1. The Bertz CT molecular complexity index is 753. The van der Waals surface area contributed by atoms with Gasteiger partial charge in [-0.1, -0.05) is 69.0 Å². The number of hydrogen-bond donors (Lipinski definition) is 0. The molecule has 2 aliphatic rings. The third-order valence-corrected chi connectivity index (χ3v) is 7.75. The first-order chi connectivity index (χ1) is 15.7. The first-order valence-electron chi connectivity index (χ1n) is 13.2. The summed E-state index contributed by atoms with van der Waals surface area (Å²) in [5, 5.41) is 8.60. The van der Waals surface area contributed by atoms with Crippen molar-refractivity contribution in [1.82, 2.24) is 0 Å². The molecule has 0 saturated heterocycles. The maximum Gasteiger partial charge on any atom is 0.196 e. The van der Waals surface area contributed by atoms with Gasteiger partial charge in [0.2, 0.25) is 0 Å². The Kier molecular flexibility index (Phi) is 10.5. The van der Waals surface area contributed by atoms with E-state index < -0.39 is 5.83 Å². The van der Waals surface area contributed by atoms with E-state index in [9.17, 15) is 4.39 Å². The van der Waals surface area contributed by atoms with Crippen LogP contribution in [0, 0.1) is 29.1 Å². The van der Waals surface area contributed by atoms with Crippen molar-refractivity contribution < 1.29 is 4.39 Å². The van der Waals surface area contributed by atoms with Crippen molar-refractivity contribution in [1.29, 1.82) is 5.26 Å². The van der Waals surface area contributed by atoms with Crippen LogP contribution in [0.15, 0.2) is 48.3 Å². The van der Waals surface area contributed by atoms with E-state index in [4.69, 9.17) is 5.26 Å². The minimum atomic E-state index is -0.613. The molecular weight excluding hydrogens is 393 g/mol. The highest BCUT2D eigenvalue weighted by atomic mass is 19.1. The molecule has 0 heterocycles. The monoisotopic (exact) mass is 435 g/mol. The van der Waals surface area contributed by atoms with Crippen LogP contribution in [0.1, 0.15) is 107 Å². The van der Waals surface area contributed by atoms with Crippen LogP contribution in [0.4, 0.5) is 4.39 Å². The van der Waals surface area contributed by atoms with Crippen LogP contribution in [-0.2, 0) is 6.42 Å². The van der Waals surface area contributed by atoms with Gasteiger partial charge in [-0.15, -0.1) is 0 Å². The fourth-order valence-corrected chi connectivity index (χ4v) is 5.60. The highest BCUT2D eigenvalue weighted by Crippen LogP contribution is 2.37. The van der Waals surface area contributed by atoms with Crippen LogP contribution in [0.3, 0.4) is 0 Å². The van der Waals surface area contributed by atoms with Crippen LogP contribution < -0.4 is 0 Å². The fourth-order valence-electron chi connectivity index (χ4n) is 5.60. The first-order valence-corrected chi connectivity index (χ1v) is 13.2. The van der Waals surface area contributed by atoms with Gasteiger partial charge in [0.05, 0.1) is 0 Å². The number of nitriles is 1. The molecule has 2 aliphatic carbocycles. The summed E-state index contributed by atoms with van der Waals surface area (Å²) in [6.07, 6.45) is 23.9. The molecule has 1 aromatic rings. The Hall–Kier alpha value is -1.88. The molecule has 0 N–H and O–H groups in total. The van der Waals surface area contributed by atoms with Crippen LogP contribution in [0.25, 0.3) is 0 Å². The third-order valence-electron chi connectivity index (χ3n) is 7.75. The lowest BCUT2D eigenvalue weighted by molar-refractivity contribution is 0.346. The van der Waals surface area contributed by atoms with Gasteiger partial charge in [0.25, 0.3) is 0 Å².